The predicted octanol–water partition coefficient (Wildman–Crippen LogP) is 3.96. The summed E-state index contributed by atoms with van der Waals surface area (Å²) < 4.78 is 16.1. The Morgan fingerprint density at radius 2 is 1.80 bits per heavy atom. The van der Waals surface area contributed by atoms with Gasteiger partial charge in [0.1, 0.15) is 0 Å². The van der Waals surface area contributed by atoms with E-state index in [0.717, 1.165) is 0 Å². The minimum atomic E-state index is -0.249. The topological polar surface area (TPSA) is 48.7 Å². The van der Waals surface area contributed by atoms with Crippen LogP contribution in [0.1, 0.15) is 30.0 Å². The highest BCUT2D eigenvalue weighted by atomic mass is 35.5. The number of halogens is 1. The van der Waals surface area contributed by atoms with Gasteiger partial charge in [-0.25, -0.2) is 0 Å². The van der Waals surface area contributed by atoms with Crippen molar-refractivity contribution in [1.82, 2.24) is 0 Å². The van der Waals surface area contributed by atoms with Crippen molar-refractivity contribution in [3.8, 4) is 11.5 Å². The second-order valence-electron chi connectivity index (χ2n) is 3.96. The Bertz CT molecular complexity index is 604. The SMILES string of the molecule is CCOc1ccc(C(=O)c2ccc(Cl)o2)cc1OCC. The van der Waals surface area contributed by atoms with Crippen LogP contribution < -0.4 is 9.47 Å². The van der Waals surface area contributed by atoms with Gasteiger partial charge in [-0.1, -0.05) is 0 Å². The van der Waals surface area contributed by atoms with Gasteiger partial charge in [-0.15, -0.1) is 0 Å². The van der Waals surface area contributed by atoms with Crippen LogP contribution in [0.5, 0.6) is 11.5 Å². The zero-order chi connectivity index (χ0) is 14.5. The highest BCUT2D eigenvalue weighted by Gasteiger charge is 2.16. The Balaban J connectivity index is 2.32. The first-order chi connectivity index (χ1) is 9.65. The monoisotopic (exact) mass is 294 g/mol. The molecule has 0 saturated carbocycles. The predicted molar refractivity (Wildman–Crippen MR) is 75.9 cm³/mol. The molecule has 0 atom stereocenters. The minimum absolute atomic E-state index is 0.185. The molecule has 0 aliphatic carbocycles. The van der Waals surface area contributed by atoms with E-state index in [0.29, 0.717) is 30.3 Å². The Hall–Kier alpha value is -1.94. The number of carbonyl (C=O) groups is 1. The van der Waals surface area contributed by atoms with Gasteiger partial charge in [0.2, 0.25) is 5.78 Å². The molecule has 0 saturated heterocycles. The molecule has 2 rings (SSSR count). The van der Waals surface area contributed by atoms with Crippen LogP contribution in [0.3, 0.4) is 0 Å². The van der Waals surface area contributed by atoms with Gasteiger partial charge in [-0.3, -0.25) is 4.79 Å². The van der Waals surface area contributed by atoms with Crippen LogP contribution in [0.25, 0.3) is 0 Å². The maximum Gasteiger partial charge on any atom is 0.228 e. The average Bonchev–Trinajstić information content (AvgIpc) is 2.87. The summed E-state index contributed by atoms with van der Waals surface area (Å²) in [6.07, 6.45) is 0. The van der Waals surface area contributed by atoms with E-state index < -0.39 is 0 Å². The molecule has 2 aromatic rings. The lowest BCUT2D eigenvalue weighted by molar-refractivity contribution is 0.101. The molecule has 4 nitrogen and oxygen atoms in total. The summed E-state index contributed by atoms with van der Waals surface area (Å²) in [5, 5.41) is 0.185. The number of carbonyl (C=O) groups excluding carboxylic acids is 1. The lowest BCUT2D eigenvalue weighted by Gasteiger charge is -2.11. The Labute approximate surface area is 122 Å². The van der Waals surface area contributed by atoms with Gasteiger partial charge >= 0.3 is 0 Å². The highest BCUT2D eigenvalue weighted by Crippen LogP contribution is 2.29. The third-order valence-corrected chi connectivity index (χ3v) is 2.81. The number of benzene rings is 1. The van der Waals surface area contributed by atoms with Crippen LogP contribution in [-0.4, -0.2) is 19.0 Å². The molecule has 0 spiro atoms. The summed E-state index contributed by atoms with van der Waals surface area (Å²) in [6.45, 7) is 4.78. The Morgan fingerprint density at radius 1 is 1.10 bits per heavy atom. The van der Waals surface area contributed by atoms with Gasteiger partial charge in [0.25, 0.3) is 0 Å². The maximum atomic E-state index is 12.2. The fraction of sp³-hybridized carbons (Fsp3) is 0.267. The first kappa shape index (κ1) is 14.5. The van der Waals surface area contributed by atoms with E-state index in [-0.39, 0.29) is 16.8 Å². The summed E-state index contributed by atoms with van der Waals surface area (Å²) in [5.74, 6) is 1.10. The van der Waals surface area contributed by atoms with Crippen molar-refractivity contribution in [1.29, 1.82) is 0 Å². The number of rotatable bonds is 6. The van der Waals surface area contributed by atoms with Crippen LogP contribution in [0.15, 0.2) is 34.7 Å². The molecule has 0 radical (unpaired) electrons. The van der Waals surface area contributed by atoms with Gasteiger partial charge in [-0.2, -0.15) is 0 Å². The second kappa shape index (κ2) is 6.48. The van der Waals surface area contributed by atoms with E-state index in [1.807, 2.05) is 13.8 Å². The van der Waals surface area contributed by atoms with Gasteiger partial charge < -0.3 is 13.9 Å². The zero-order valence-corrected chi connectivity index (χ0v) is 12.1. The standard InChI is InChI=1S/C15H15ClO4/c1-3-18-11-6-5-10(9-13(11)19-4-2)15(17)12-7-8-14(16)20-12/h5-9H,3-4H2,1-2H3. The molecule has 5 heteroatoms. The number of ketones is 1. The third kappa shape index (κ3) is 3.14. The fourth-order valence-corrected chi connectivity index (χ4v) is 1.92. The van der Waals surface area contributed by atoms with Crippen molar-refractivity contribution < 1.29 is 18.7 Å². The molecule has 0 aliphatic heterocycles. The average molecular weight is 295 g/mol. The molecule has 0 fully saturated rings. The van der Waals surface area contributed by atoms with Crippen LogP contribution in [0.2, 0.25) is 5.22 Å². The number of hydrogen-bond donors (Lipinski definition) is 0. The number of hydrogen-bond acceptors (Lipinski definition) is 4. The van der Waals surface area contributed by atoms with E-state index >= 15 is 0 Å². The summed E-state index contributed by atoms with van der Waals surface area (Å²) in [7, 11) is 0. The molecular weight excluding hydrogens is 280 g/mol. The Morgan fingerprint density at radius 3 is 2.40 bits per heavy atom. The molecule has 106 valence electrons. The first-order valence-electron chi connectivity index (χ1n) is 6.35. The fourth-order valence-electron chi connectivity index (χ4n) is 1.77. The summed E-state index contributed by atoms with van der Waals surface area (Å²) in [5.41, 5.74) is 0.461. The Kier molecular flexibility index (Phi) is 4.69. The molecule has 0 bridgehead atoms. The molecule has 20 heavy (non-hydrogen) atoms. The van der Waals surface area contributed by atoms with Gasteiger partial charge in [0.05, 0.1) is 13.2 Å². The van der Waals surface area contributed by atoms with Gasteiger partial charge in [0.15, 0.2) is 22.5 Å². The summed E-state index contributed by atoms with van der Waals surface area (Å²) in [4.78, 5) is 12.2. The van der Waals surface area contributed by atoms with E-state index in [1.165, 1.54) is 6.07 Å². The van der Waals surface area contributed by atoms with Crippen molar-refractivity contribution >= 4 is 17.4 Å². The first-order valence-corrected chi connectivity index (χ1v) is 6.73. The quantitative estimate of drug-likeness (QED) is 0.757. The summed E-state index contributed by atoms with van der Waals surface area (Å²) in [6, 6.07) is 8.11. The van der Waals surface area contributed by atoms with Crippen LogP contribution in [-0.2, 0) is 0 Å². The third-order valence-electron chi connectivity index (χ3n) is 2.60. The molecule has 1 heterocycles. The molecular formula is C15H15ClO4. The molecule has 0 amide bonds. The van der Waals surface area contributed by atoms with E-state index in [2.05, 4.69) is 0 Å². The van der Waals surface area contributed by atoms with E-state index in [4.69, 9.17) is 25.5 Å². The highest BCUT2D eigenvalue weighted by molar-refractivity contribution is 6.29. The zero-order valence-electron chi connectivity index (χ0n) is 11.3. The normalized spacial score (nSPS) is 10.3. The lowest BCUT2D eigenvalue weighted by Crippen LogP contribution is -2.03. The van der Waals surface area contributed by atoms with Crippen molar-refractivity contribution in [2.24, 2.45) is 0 Å². The molecule has 0 aliphatic rings. The van der Waals surface area contributed by atoms with Gasteiger partial charge in [0, 0.05) is 5.56 Å². The van der Waals surface area contributed by atoms with E-state index in [1.54, 1.807) is 24.3 Å². The minimum Gasteiger partial charge on any atom is -0.490 e. The number of ether oxygens (including phenoxy) is 2. The maximum absolute atomic E-state index is 12.2. The van der Waals surface area contributed by atoms with Crippen molar-refractivity contribution in [3.63, 3.8) is 0 Å². The number of furan rings is 1. The van der Waals surface area contributed by atoms with Crippen LogP contribution >= 0.6 is 11.6 Å². The van der Waals surface area contributed by atoms with Gasteiger partial charge in [-0.05, 0) is 55.8 Å². The van der Waals surface area contributed by atoms with E-state index in [9.17, 15) is 4.79 Å². The molecule has 1 aromatic heterocycles. The molecule has 0 unspecified atom stereocenters. The van der Waals surface area contributed by atoms with Crippen molar-refractivity contribution in [2.45, 2.75) is 13.8 Å². The second-order valence-corrected chi connectivity index (χ2v) is 4.33. The smallest absolute Gasteiger partial charge is 0.228 e. The van der Waals surface area contributed by atoms with Crippen LogP contribution in [0.4, 0.5) is 0 Å². The lowest BCUT2D eigenvalue weighted by atomic mass is 10.1. The molecule has 1 aromatic carbocycles. The van der Waals surface area contributed by atoms with Crippen molar-refractivity contribution in [2.75, 3.05) is 13.2 Å². The largest absolute Gasteiger partial charge is 0.490 e. The molecule has 0 N–H and O–H groups in total. The van der Waals surface area contributed by atoms with Crippen molar-refractivity contribution in [3.05, 3.63) is 46.9 Å². The van der Waals surface area contributed by atoms with Crippen LogP contribution in [0, 0.1) is 0 Å². The summed E-state index contributed by atoms with van der Waals surface area (Å²) >= 11 is 5.68.